The summed E-state index contributed by atoms with van der Waals surface area (Å²) < 4.78 is 0. The molecule has 0 atom stereocenters. The van der Waals surface area contributed by atoms with Crippen molar-refractivity contribution in [3.05, 3.63) is 0 Å². The van der Waals surface area contributed by atoms with Gasteiger partial charge in [0.1, 0.15) is 0 Å². The molecule has 0 aliphatic carbocycles. The van der Waals surface area contributed by atoms with Crippen molar-refractivity contribution in [1.29, 1.82) is 0 Å². The molecule has 0 saturated heterocycles. The Morgan fingerprint density at radius 2 is 1.60 bits per heavy atom. The molecule has 0 heterocycles. The molecule has 0 aromatic carbocycles. The van der Waals surface area contributed by atoms with Crippen molar-refractivity contribution < 1.29 is 0 Å². The molecular formula is C13H30N2. The van der Waals surface area contributed by atoms with E-state index in [0.29, 0.717) is 0 Å². The smallest absolute Gasteiger partial charge is 0.0108 e. The fourth-order valence-electron chi connectivity index (χ4n) is 2.19. The molecule has 0 rings (SSSR count). The van der Waals surface area contributed by atoms with Gasteiger partial charge in [0.2, 0.25) is 0 Å². The van der Waals surface area contributed by atoms with Crippen LogP contribution in [0.1, 0.15) is 59.3 Å². The molecule has 0 aliphatic heterocycles. The van der Waals surface area contributed by atoms with E-state index in [1.807, 2.05) is 0 Å². The van der Waals surface area contributed by atoms with Gasteiger partial charge in [0, 0.05) is 19.1 Å². The summed E-state index contributed by atoms with van der Waals surface area (Å²) in [6.07, 6.45) is 7.91. The number of unbranched alkanes of at least 4 members (excludes halogenated alkanes) is 3. The predicted octanol–water partition coefficient (Wildman–Crippen LogP) is 3.02. The van der Waals surface area contributed by atoms with E-state index >= 15 is 0 Å². The summed E-state index contributed by atoms with van der Waals surface area (Å²) in [4.78, 5) is 2.58. The fourth-order valence-corrected chi connectivity index (χ4v) is 2.19. The second-order valence-corrected chi connectivity index (χ2v) is 4.36. The van der Waals surface area contributed by atoms with Gasteiger partial charge in [0.25, 0.3) is 0 Å². The van der Waals surface area contributed by atoms with Crippen LogP contribution in [0.5, 0.6) is 0 Å². The zero-order valence-electron chi connectivity index (χ0n) is 11.0. The van der Waals surface area contributed by atoms with Gasteiger partial charge in [0.15, 0.2) is 0 Å². The molecule has 0 unspecified atom stereocenters. The fraction of sp³-hybridized carbons (Fsp3) is 1.00. The van der Waals surface area contributed by atoms with Crippen LogP contribution in [-0.2, 0) is 0 Å². The molecule has 15 heavy (non-hydrogen) atoms. The molecule has 0 spiro atoms. The molecule has 0 amide bonds. The Kier molecular flexibility index (Phi) is 10.4. The summed E-state index contributed by atoms with van der Waals surface area (Å²) >= 11 is 0. The first-order valence-electron chi connectivity index (χ1n) is 6.74. The number of nitrogens with zero attached hydrogens (tertiary/aromatic N) is 1. The average Bonchev–Trinajstić information content (AvgIpc) is 2.26. The van der Waals surface area contributed by atoms with Crippen LogP contribution in [0, 0.1) is 0 Å². The van der Waals surface area contributed by atoms with Crippen molar-refractivity contribution in [1.82, 2.24) is 4.90 Å². The highest BCUT2D eigenvalue weighted by Gasteiger charge is 2.13. The maximum atomic E-state index is 5.67. The second-order valence-electron chi connectivity index (χ2n) is 4.36. The van der Waals surface area contributed by atoms with Gasteiger partial charge in [0.05, 0.1) is 0 Å². The topological polar surface area (TPSA) is 29.3 Å². The van der Waals surface area contributed by atoms with Crippen LogP contribution in [0.25, 0.3) is 0 Å². The van der Waals surface area contributed by atoms with Gasteiger partial charge in [-0.3, -0.25) is 4.90 Å². The highest BCUT2D eigenvalue weighted by Crippen LogP contribution is 2.10. The van der Waals surface area contributed by atoms with E-state index in [0.717, 1.165) is 19.1 Å². The van der Waals surface area contributed by atoms with Crippen molar-refractivity contribution >= 4 is 0 Å². The first-order chi connectivity index (χ1) is 7.29. The minimum absolute atomic E-state index is 0.746. The van der Waals surface area contributed by atoms with Gasteiger partial charge in [-0.05, 0) is 25.8 Å². The van der Waals surface area contributed by atoms with Crippen LogP contribution in [0.2, 0.25) is 0 Å². The molecule has 2 heteroatoms. The lowest BCUT2D eigenvalue weighted by molar-refractivity contribution is 0.187. The summed E-state index contributed by atoms with van der Waals surface area (Å²) in [5.41, 5.74) is 5.67. The van der Waals surface area contributed by atoms with Crippen molar-refractivity contribution in [2.45, 2.75) is 65.3 Å². The van der Waals surface area contributed by atoms with Crippen LogP contribution in [0.15, 0.2) is 0 Å². The Bertz CT molecular complexity index is 122. The maximum absolute atomic E-state index is 5.67. The van der Waals surface area contributed by atoms with Crippen LogP contribution >= 0.6 is 0 Å². The quantitative estimate of drug-likeness (QED) is 0.566. The largest absolute Gasteiger partial charge is 0.329 e. The third kappa shape index (κ3) is 6.91. The normalized spacial score (nSPS) is 11.6. The molecule has 0 radical (unpaired) electrons. The molecule has 2 N–H and O–H groups in total. The second kappa shape index (κ2) is 10.4. The number of hydrogen-bond donors (Lipinski definition) is 1. The van der Waals surface area contributed by atoms with Gasteiger partial charge in [-0.2, -0.15) is 0 Å². The molecule has 0 aliphatic rings. The minimum atomic E-state index is 0.746. The van der Waals surface area contributed by atoms with E-state index in [4.69, 9.17) is 5.73 Å². The van der Waals surface area contributed by atoms with Gasteiger partial charge in [-0.25, -0.2) is 0 Å². The van der Waals surface area contributed by atoms with Gasteiger partial charge >= 0.3 is 0 Å². The molecule has 0 saturated carbocycles. The number of hydrogen-bond acceptors (Lipinski definition) is 2. The van der Waals surface area contributed by atoms with Crippen LogP contribution in [0.4, 0.5) is 0 Å². The zero-order valence-corrected chi connectivity index (χ0v) is 11.0. The number of nitrogens with two attached hydrogens (primary N) is 1. The third-order valence-corrected chi connectivity index (χ3v) is 3.17. The summed E-state index contributed by atoms with van der Waals surface area (Å²) in [5.74, 6) is 0. The molecule has 0 aromatic heterocycles. The zero-order chi connectivity index (χ0) is 11.5. The maximum Gasteiger partial charge on any atom is 0.0108 e. The molecule has 2 nitrogen and oxygen atoms in total. The van der Waals surface area contributed by atoms with E-state index in [9.17, 15) is 0 Å². The molecule has 0 bridgehead atoms. The summed E-state index contributed by atoms with van der Waals surface area (Å²) in [5, 5.41) is 0. The molecule has 0 aromatic rings. The van der Waals surface area contributed by atoms with Gasteiger partial charge in [-0.1, -0.05) is 40.0 Å². The van der Waals surface area contributed by atoms with Crippen LogP contribution in [0.3, 0.4) is 0 Å². The van der Waals surface area contributed by atoms with Crippen LogP contribution in [-0.4, -0.2) is 30.6 Å². The van der Waals surface area contributed by atoms with Crippen molar-refractivity contribution in [2.24, 2.45) is 5.73 Å². The Hall–Kier alpha value is -0.0800. The van der Waals surface area contributed by atoms with Crippen molar-refractivity contribution in [3.8, 4) is 0 Å². The highest BCUT2D eigenvalue weighted by atomic mass is 15.2. The lowest BCUT2D eigenvalue weighted by Gasteiger charge is -2.30. The number of rotatable bonds is 10. The van der Waals surface area contributed by atoms with Crippen molar-refractivity contribution in [2.75, 3.05) is 19.6 Å². The van der Waals surface area contributed by atoms with E-state index < -0.39 is 0 Å². The Morgan fingerprint density at radius 3 is 2.07 bits per heavy atom. The Morgan fingerprint density at radius 1 is 0.933 bits per heavy atom. The van der Waals surface area contributed by atoms with E-state index in [1.165, 1.54) is 45.1 Å². The summed E-state index contributed by atoms with van der Waals surface area (Å²) in [6, 6.07) is 0.746. The molecular weight excluding hydrogens is 184 g/mol. The van der Waals surface area contributed by atoms with E-state index in [1.54, 1.807) is 0 Å². The minimum Gasteiger partial charge on any atom is -0.329 e. The lowest BCUT2D eigenvalue weighted by Crippen LogP contribution is -2.38. The first-order valence-corrected chi connectivity index (χ1v) is 6.74. The monoisotopic (exact) mass is 214 g/mol. The van der Waals surface area contributed by atoms with Gasteiger partial charge in [-0.15, -0.1) is 0 Å². The predicted molar refractivity (Wildman–Crippen MR) is 69.1 cm³/mol. The van der Waals surface area contributed by atoms with Crippen LogP contribution < -0.4 is 5.73 Å². The Balaban J connectivity index is 3.80. The summed E-state index contributed by atoms with van der Waals surface area (Å²) in [6.45, 7) is 9.93. The Labute approximate surface area is 96.2 Å². The molecule has 0 fully saturated rings. The summed E-state index contributed by atoms with van der Waals surface area (Å²) in [7, 11) is 0. The van der Waals surface area contributed by atoms with Gasteiger partial charge < -0.3 is 5.73 Å². The van der Waals surface area contributed by atoms with Crippen molar-refractivity contribution in [3.63, 3.8) is 0 Å². The highest BCUT2D eigenvalue weighted by molar-refractivity contribution is 4.69. The lowest BCUT2D eigenvalue weighted by atomic mass is 10.1. The molecule has 92 valence electrons. The van der Waals surface area contributed by atoms with E-state index in [-0.39, 0.29) is 0 Å². The third-order valence-electron chi connectivity index (χ3n) is 3.17. The average molecular weight is 214 g/mol. The standard InChI is InChI=1S/C13H30N2/c1-4-7-8-9-11-15(12-10-14)13(5-2)6-3/h13H,4-12,14H2,1-3H3. The van der Waals surface area contributed by atoms with E-state index in [2.05, 4.69) is 25.7 Å². The SMILES string of the molecule is CCCCCCN(CCN)C(CC)CC. The first kappa shape index (κ1) is 14.9.